The Morgan fingerprint density at radius 1 is 1.21 bits per heavy atom. The Morgan fingerprint density at radius 2 is 2.00 bits per heavy atom. The van der Waals surface area contributed by atoms with Crippen LogP contribution in [0.4, 0.5) is 0 Å². The fourth-order valence-electron chi connectivity index (χ4n) is 2.40. The summed E-state index contributed by atoms with van der Waals surface area (Å²) in [5.74, 6) is 0.341. The van der Waals surface area contributed by atoms with Gasteiger partial charge in [-0.3, -0.25) is 9.59 Å². The molecule has 0 spiro atoms. The number of H-pyrrole nitrogens is 1. The largest absolute Gasteiger partial charge is 0.497 e. The van der Waals surface area contributed by atoms with Crippen molar-refractivity contribution >= 4 is 28.4 Å². The van der Waals surface area contributed by atoms with E-state index in [-0.39, 0.29) is 18.0 Å². The second kappa shape index (κ2) is 6.76. The Labute approximate surface area is 143 Å². The minimum Gasteiger partial charge on any atom is -0.497 e. The van der Waals surface area contributed by atoms with Gasteiger partial charge in [0.2, 0.25) is 0 Å². The average Bonchev–Trinajstić information content (AvgIpc) is 2.59. The van der Waals surface area contributed by atoms with Crippen molar-refractivity contribution in [1.29, 1.82) is 0 Å². The lowest BCUT2D eigenvalue weighted by Gasteiger charge is -2.08. The summed E-state index contributed by atoms with van der Waals surface area (Å²) in [4.78, 5) is 27.1. The van der Waals surface area contributed by atoms with Crippen molar-refractivity contribution in [2.45, 2.75) is 6.54 Å². The molecule has 122 valence electrons. The molecule has 0 saturated carbocycles. The maximum Gasteiger partial charge on any atom is 0.253 e. The molecule has 6 heteroatoms. The van der Waals surface area contributed by atoms with Crippen LogP contribution in [0.3, 0.4) is 0 Å². The quantitative estimate of drug-likeness (QED) is 0.765. The number of aromatic amines is 1. The Bertz CT molecular complexity index is 966. The summed E-state index contributed by atoms with van der Waals surface area (Å²) < 4.78 is 5.14. The van der Waals surface area contributed by atoms with Crippen molar-refractivity contribution in [1.82, 2.24) is 10.3 Å². The molecule has 0 aliphatic carbocycles. The maximum atomic E-state index is 12.2. The topological polar surface area (TPSA) is 71.2 Å². The number of ether oxygens (including phenoxy) is 1. The molecule has 0 atom stereocenters. The van der Waals surface area contributed by atoms with Gasteiger partial charge in [-0.25, -0.2) is 0 Å². The van der Waals surface area contributed by atoms with E-state index in [0.29, 0.717) is 27.4 Å². The number of fused-ring (bicyclic) bond motifs is 1. The molecular weight excluding hydrogens is 328 g/mol. The van der Waals surface area contributed by atoms with Crippen molar-refractivity contribution in [3.05, 3.63) is 75.0 Å². The molecule has 0 bridgehead atoms. The van der Waals surface area contributed by atoms with Crippen molar-refractivity contribution in [3.8, 4) is 5.75 Å². The summed E-state index contributed by atoms with van der Waals surface area (Å²) in [6.07, 6.45) is 0. The monoisotopic (exact) mass is 342 g/mol. The van der Waals surface area contributed by atoms with Gasteiger partial charge in [-0.15, -0.1) is 0 Å². The summed E-state index contributed by atoms with van der Waals surface area (Å²) in [6.45, 7) is 0.112. The molecule has 0 fully saturated rings. The lowest BCUT2D eigenvalue weighted by molar-refractivity contribution is 0.0951. The Kier molecular flexibility index (Phi) is 4.53. The van der Waals surface area contributed by atoms with Gasteiger partial charge in [0.05, 0.1) is 23.2 Å². The molecule has 0 unspecified atom stereocenters. The SMILES string of the molecule is COc1ccc2cc(CNC(=O)c3ccccc3Cl)c(=O)[nH]c2c1. The molecule has 5 nitrogen and oxygen atoms in total. The smallest absolute Gasteiger partial charge is 0.253 e. The van der Waals surface area contributed by atoms with Crippen LogP contribution in [0.5, 0.6) is 5.75 Å². The highest BCUT2D eigenvalue weighted by Crippen LogP contribution is 2.18. The molecule has 0 aliphatic rings. The van der Waals surface area contributed by atoms with E-state index < -0.39 is 0 Å². The number of hydrogen-bond acceptors (Lipinski definition) is 3. The highest BCUT2D eigenvalue weighted by atomic mass is 35.5. The molecule has 1 amide bonds. The summed E-state index contributed by atoms with van der Waals surface area (Å²) in [6, 6.07) is 13.9. The van der Waals surface area contributed by atoms with E-state index in [1.807, 2.05) is 12.1 Å². The number of nitrogens with one attached hydrogen (secondary N) is 2. The number of carbonyl (C=O) groups is 1. The molecule has 0 radical (unpaired) electrons. The van der Waals surface area contributed by atoms with Gasteiger partial charge in [0.1, 0.15) is 5.75 Å². The van der Waals surface area contributed by atoms with Crippen LogP contribution in [0, 0.1) is 0 Å². The minimum atomic E-state index is -0.324. The average molecular weight is 343 g/mol. The third kappa shape index (κ3) is 3.26. The van der Waals surface area contributed by atoms with Gasteiger partial charge < -0.3 is 15.0 Å². The van der Waals surface area contributed by atoms with Gasteiger partial charge in [-0.1, -0.05) is 23.7 Å². The molecule has 1 aromatic heterocycles. The molecule has 2 aromatic carbocycles. The van der Waals surface area contributed by atoms with Crippen molar-refractivity contribution in [2.75, 3.05) is 7.11 Å². The van der Waals surface area contributed by atoms with Crippen LogP contribution in [0.1, 0.15) is 15.9 Å². The van der Waals surface area contributed by atoms with E-state index in [1.54, 1.807) is 43.5 Å². The number of benzene rings is 2. The number of hydrogen-bond donors (Lipinski definition) is 2. The normalized spacial score (nSPS) is 10.6. The van der Waals surface area contributed by atoms with Crippen LogP contribution in [0.25, 0.3) is 10.9 Å². The summed E-state index contributed by atoms with van der Waals surface area (Å²) in [5.41, 5.74) is 1.27. The molecule has 3 rings (SSSR count). The number of aromatic nitrogens is 1. The predicted molar refractivity (Wildman–Crippen MR) is 93.7 cm³/mol. The maximum absolute atomic E-state index is 12.2. The fraction of sp³-hybridized carbons (Fsp3) is 0.111. The van der Waals surface area contributed by atoms with Crippen molar-refractivity contribution in [2.24, 2.45) is 0 Å². The first-order valence-corrected chi connectivity index (χ1v) is 7.69. The number of rotatable bonds is 4. The lowest BCUT2D eigenvalue weighted by Crippen LogP contribution is -2.26. The van der Waals surface area contributed by atoms with Crippen LogP contribution in [0.15, 0.2) is 53.3 Å². The predicted octanol–water partition coefficient (Wildman–Crippen LogP) is 3.12. The van der Waals surface area contributed by atoms with Crippen molar-refractivity contribution < 1.29 is 9.53 Å². The second-order valence-electron chi connectivity index (χ2n) is 5.24. The van der Waals surface area contributed by atoms with Crippen LogP contribution >= 0.6 is 11.6 Å². The van der Waals surface area contributed by atoms with E-state index in [1.165, 1.54) is 0 Å². The zero-order valence-corrected chi connectivity index (χ0v) is 13.7. The minimum absolute atomic E-state index is 0.112. The van der Waals surface area contributed by atoms with Gasteiger partial charge in [0.25, 0.3) is 11.5 Å². The molecule has 24 heavy (non-hydrogen) atoms. The first-order chi connectivity index (χ1) is 11.6. The van der Waals surface area contributed by atoms with E-state index in [9.17, 15) is 9.59 Å². The lowest BCUT2D eigenvalue weighted by atomic mass is 10.1. The summed E-state index contributed by atoms with van der Waals surface area (Å²) in [7, 11) is 1.57. The number of carbonyl (C=O) groups excluding carboxylic acids is 1. The van der Waals surface area contributed by atoms with Crippen LogP contribution in [-0.4, -0.2) is 18.0 Å². The number of halogens is 1. The van der Waals surface area contributed by atoms with E-state index in [4.69, 9.17) is 16.3 Å². The Morgan fingerprint density at radius 3 is 2.75 bits per heavy atom. The number of amides is 1. The van der Waals surface area contributed by atoms with E-state index in [0.717, 1.165) is 5.39 Å². The highest BCUT2D eigenvalue weighted by molar-refractivity contribution is 6.33. The second-order valence-corrected chi connectivity index (χ2v) is 5.65. The molecule has 0 saturated heterocycles. The third-order valence-electron chi connectivity index (χ3n) is 3.69. The van der Waals surface area contributed by atoms with Gasteiger partial charge in [0, 0.05) is 18.2 Å². The standard InChI is InChI=1S/C18H15ClN2O3/c1-24-13-7-6-11-8-12(17(22)21-16(11)9-13)10-20-18(23)14-4-2-3-5-15(14)19/h2-9H,10H2,1H3,(H,20,23)(H,21,22). The Balaban J connectivity index is 1.83. The first-order valence-electron chi connectivity index (χ1n) is 7.31. The Hall–Kier alpha value is -2.79. The van der Waals surface area contributed by atoms with Gasteiger partial charge in [0.15, 0.2) is 0 Å². The number of methoxy groups -OCH3 is 1. The summed E-state index contributed by atoms with van der Waals surface area (Å²) in [5, 5.41) is 3.94. The molecule has 0 aliphatic heterocycles. The van der Waals surface area contributed by atoms with Crippen LogP contribution in [0.2, 0.25) is 5.02 Å². The van der Waals surface area contributed by atoms with Gasteiger partial charge >= 0.3 is 0 Å². The number of pyridine rings is 1. The molecule has 2 N–H and O–H groups in total. The first kappa shape index (κ1) is 16.1. The van der Waals surface area contributed by atoms with E-state index in [2.05, 4.69) is 10.3 Å². The van der Waals surface area contributed by atoms with Gasteiger partial charge in [-0.05, 0) is 35.7 Å². The molecular formula is C18H15ClN2O3. The zero-order valence-electron chi connectivity index (χ0n) is 12.9. The van der Waals surface area contributed by atoms with Crippen molar-refractivity contribution in [3.63, 3.8) is 0 Å². The molecule has 1 heterocycles. The third-order valence-corrected chi connectivity index (χ3v) is 4.02. The van der Waals surface area contributed by atoms with Crippen LogP contribution < -0.4 is 15.6 Å². The summed E-state index contributed by atoms with van der Waals surface area (Å²) >= 11 is 6.00. The van der Waals surface area contributed by atoms with Gasteiger partial charge in [-0.2, -0.15) is 0 Å². The van der Waals surface area contributed by atoms with Crippen LogP contribution in [-0.2, 0) is 6.54 Å². The fourth-order valence-corrected chi connectivity index (χ4v) is 2.62. The zero-order chi connectivity index (χ0) is 17.1. The molecule has 3 aromatic rings. The van der Waals surface area contributed by atoms with E-state index >= 15 is 0 Å². The highest BCUT2D eigenvalue weighted by Gasteiger charge is 2.10.